The molecule has 1 aromatic rings. The Balaban J connectivity index is 1.43. The Morgan fingerprint density at radius 3 is 2.48 bits per heavy atom. The summed E-state index contributed by atoms with van der Waals surface area (Å²) in [7, 11) is 0. The standard InChI is InChI=1S/C19H28N2O2/c1-14-3-5-16(6-4-14)19(23)7-10-21(11-8-19)12-9-20-18(22)17-13-15(17)2/h3-6,15,17,23H,7-13H2,1-2H3,(H,20,22). The summed E-state index contributed by atoms with van der Waals surface area (Å²) in [6.45, 7) is 7.52. The Kier molecular flexibility index (Phi) is 4.74. The number of amides is 1. The van der Waals surface area contributed by atoms with E-state index in [0.717, 1.165) is 44.5 Å². The van der Waals surface area contributed by atoms with Crippen molar-refractivity contribution in [3.63, 3.8) is 0 Å². The molecule has 0 spiro atoms. The molecule has 1 saturated heterocycles. The molecule has 1 heterocycles. The third-order valence-electron chi connectivity index (χ3n) is 5.45. The van der Waals surface area contributed by atoms with E-state index < -0.39 is 5.60 Å². The second kappa shape index (κ2) is 6.62. The highest BCUT2D eigenvalue weighted by Gasteiger charge is 2.39. The Bertz CT molecular complexity index is 547. The fraction of sp³-hybridized carbons (Fsp3) is 0.632. The van der Waals surface area contributed by atoms with Gasteiger partial charge in [0, 0.05) is 32.1 Å². The molecule has 23 heavy (non-hydrogen) atoms. The molecule has 126 valence electrons. The number of aliphatic hydroxyl groups is 1. The van der Waals surface area contributed by atoms with Gasteiger partial charge in [0.05, 0.1) is 5.60 Å². The lowest BCUT2D eigenvalue weighted by Gasteiger charge is -2.38. The summed E-state index contributed by atoms with van der Waals surface area (Å²) >= 11 is 0. The van der Waals surface area contributed by atoms with Crippen LogP contribution in [-0.4, -0.2) is 42.1 Å². The van der Waals surface area contributed by atoms with E-state index in [1.54, 1.807) is 0 Å². The van der Waals surface area contributed by atoms with E-state index in [1.807, 2.05) is 12.1 Å². The van der Waals surface area contributed by atoms with Gasteiger partial charge in [0.25, 0.3) is 0 Å². The van der Waals surface area contributed by atoms with Crippen molar-refractivity contribution in [2.24, 2.45) is 11.8 Å². The highest BCUT2D eigenvalue weighted by Crippen LogP contribution is 2.37. The number of hydrogen-bond donors (Lipinski definition) is 2. The predicted molar refractivity (Wildman–Crippen MR) is 91.0 cm³/mol. The molecule has 2 unspecified atom stereocenters. The van der Waals surface area contributed by atoms with Crippen LogP contribution in [0.15, 0.2) is 24.3 Å². The van der Waals surface area contributed by atoms with Gasteiger partial charge in [0.1, 0.15) is 0 Å². The van der Waals surface area contributed by atoms with Crippen LogP contribution in [0.3, 0.4) is 0 Å². The quantitative estimate of drug-likeness (QED) is 0.874. The summed E-state index contributed by atoms with van der Waals surface area (Å²) < 4.78 is 0. The minimum Gasteiger partial charge on any atom is -0.385 e. The molecule has 0 aromatic heterocycles. The van der Waals surface area contributed by atoms with E-state index in [4.69, 9.17) is 0 Å². The van der Waals surface area contributed by atoms with Gasteiger partial charge in [0.2, 0.25) is 5.91 Å². The number of benzene rings is 1. The molecule has 1 saturated carbocycles. The maximum atomic E-state index is 11.8. The molecule has 1 aliphatic heterocycles. The number of carbonyl (C=O) groups is 1. The summed E-state index contributed by atoms with van der Waals surface area (Å²) in [6, 6.07) is 8.21. The number of nitrogens with one attached hydrogen (secondary N) is 1. The maximum Gasteiger partial charge on any atom is 0.223 e. The second-order valence-electron chi connectivity index (χ2n) is 7.35. The summed E-state index contributed by atoms with van der Waals surface area (Å²) in [5.41, 5.74) is 1.55. The van der Waals surface area contributed by atoms with E-state index in [2.05, 4.69) is 36.2 Å². The molecule has 1 aliphatic carbocycles. The molecule has 4 heteroatoms. The van der Waals surface area contributed by atoms with Gasteiger partial charge < -0.3 is 15.3 Å². The summed E-state index contributed by atoms with van der Waals surface area (Å²) in [6.07, 6.45) is 2.55. The van der Waals surface area contributed by atoms with Crippen molar-refractivity contribution in [2.75, 3.05) is 26.2 Å². The molecule has 2 atom stereocenters. The average molecular weight is 316 g/mol. The van der Waals surface area contributed by atoms with Crippen molar-refractivity contribution in [1.82, 2.24) is 10.2 Å². The first-order valence-corrected chi connectivity index (χ1v) is 8.77. The van der Waals surface area contributed by atoms with Crippen LogP contribution in [0.2, 0.25) is 0 Å². The van der Waals surface area contributed by atoms with Gasteiger partial charge in [-0.05, 0) is 37.7 Å². The minimum absolute atomic E-state index is 0.214. The fourth-order valence-corrected chi connectivity index (χ4v) is 3.45. The van der Waals surface area contributed by atoms with Gasteiger partial charge in [-0.3, -0.25) is 4.79 Å². The molecular formula is C19H28N2O2. The molecule has 3 rings (SSSR count). The maximum absolute atomic E-state index is 11.8. The third-order valence-corrected chi connectivity index (χ3v) is 5.45. The lowest BCUT2D eigenvalue weighted by Crippen LogP contribution is -2.45. The smallest absolute Gasteiger partial charge is 0.223 e. The second-order valence-corrected chi connectivity index (χ2v) is 7.35. The highest BCUT2D eigenvalue weighted by molar-refractivity contribution is 5.81. The van der Waals surface area contributed by atoms with Crippen molar-refractivity contribution in [1.29, 1.82) is 0 Å². The normalized spacial score (nSPS) is 26.7. The lowest BCUT2D eigenvalue weighted by molar-refractivity contribution is -0.122. The molecule has 2 fully saturated rings. The number of carbonyl (C=O) groups excluding carboxylic acids is 1. The van der Waals surface area contributed by atoms with Gasteiger partial charge in [-0.15, -0.1) is 0 Å². The first kappa shape index (κ1) is 16.5. The van der Waals surface area contributed by atoms with Crippen LogP contribution in [0.25, 0.3) is 0 Å². The number of piperidine rings is 1. The van der Waals surface area contributed by atoms with Crippen LogP contribution in [0.5, 0.6) is 0 Å². The summed E-state index contributed by atoms with van der Waals surface area (Å²) in [5, 5.41) is 13.9. The monoisotopic (exact) mass is 316 g/mol. The molecule has 0 bridgehead atoms. The van der Waals surface area contributed by atoms with Gasteiger partial charge in [-0.25, -0.2) is 0 Å². The van der Waals surface area contributed by atoms with Crippen LogP contribution in [0.4, 0.5) is 0 Å². The molecular weight excluding hydrogens is 288 g/mol. The van der Waals surface area contributed by atoms with E-state index >= 15 is 0 Å². The fourth-order valence-electron chi connectivity index (χ4n) is 3.45. The molecule has 4 nitrogen and oxygen atoms in total. The zero-order chi connectivity index (χ0) is 16.4. The third kappa shape index (κ3) is 3.93. The zero-order valence-electron chi connectivity index (χ0n) is 14.2. The predicted octanol–water partition coefficient (Wildman–Crippen LogP) is 2.05. The van der Waals surface area contributed by atoms with Gasteiger partial charge in [-0.1, -0.05) is 36.8 Å². The highest BCUT2D eigenvalue weighted by atomic mass is 16.3. The van der Waals surface area contributed by atoms with Crippen molar-refractivity contribution >= 4 is 5.91 Å². The number of hydrogen-bond acceptors (Lipinski definition) is 3. The Morgan fingerprint density at radius 1 is 1.30 bits per heavy atom. The summed E-state index contributed by atoms with van der Waals surface area (Å²) in [5.74, 6) is 1.03. The number of rotatable bonds is 5. The number of likely N-dealkylation sites (tertiary alicyclic amines) is 1. The average Bonchev–Trinajstić information content (AvgIpc) is 3.27. The van der Waals surface area contributed by atoms with Crippen molar-refractivity contribution in [3.05, 3.63) is 35.4 Å². The first-order chi connectivity index (χ1) is 11.0. The SMILES string of the molecule is Cc1ccc(C2(O)CCN(CCNC(=O)C3CC3C)CC2)cc1. The molecule has 1 aromatic carbocycles. The van der Waals surface area contributed by atoms with Gasteiger partial charge in [0.15, 0.2) is 0 Å². The van der Waals surface area contributed by atoms with Crippen LogP contribution < -0.4 is 5.32 Å². The van der Waals surface area contributed by atoms with Crippen molar-refractivity contribution < 1.29 is 9.90 Å². The molecule has 0 radical (unpaired) electrons. The van der Waals surface area contributed by atoms with Crippen LogP contribution in [0.1, 0.15) is 37.3 Å². The van der Waals surface area contributed by atoms with E-state index in [-0.39, 0.29) is 11.8 Å². The molecule has 1 amide bonds. The van der Waals surface area contributed by atoms with E-state index in [0.29, 0.717) is 12.5 Å². The van der Waals surface area contributed by atoms with Crippen LogP contribution in [0, 0.1) is 18.8 Å². The van der Waals surface area contributed by atoms with Crippen molar-refractivity contribution in [3.8, 4) is 0 Å². The molecule has 2 N–H and O–H groups in total. The van der Waals surface area contributed by atoms with Gasteiger partial charge in [-0.2, -0.15) is 0 Å². The van der Waals surface area contributed by atoms with Gasteiger partial charge >= 0.3 is 0 Å². The topological polar surface area (TPSA) is 52.6 Å². The minimum atomic E-state index is -0.698. The van der Waals surface area contributed by atoms with Crippen LogP contribution in [-0.2, 0) is 10.4 Å². The first-order valence-electron chi connectivity index (χ1n) is 8.77. The van der Waals surface area contributed by atoms with E-state index in [1.165, 1.54) is 5.56 Å². The number of nitrogens with zero attached hydrogens (tertiary/aromatic N) is 1. The number of aryl methyl sites for hydroxylation is 1. The largest absolute Gasteiger partial charge is 0.385 e. The van der Waals surface area contributed by atoms with E-state index in [9.17, 15) is 9.90 Å². The lowest BCUT2D eigenvalue weighted by atomic mass is 9.84. The zero-order valence-corrected chi connectivity index (χ0v) is 14.2. The van der Waals surface area contributed by atoms with Crippen LogP contribution >= 0.6 is 0 Å². The Morgan fingerprint density at radius 2 is 1.91 bits per heavy atom. The summed E-state index contributed by atoms with van der Waals surface area (Å²) in [4.78, 5) is 14.1. The van der Waals surface area contributed by atoms with Crippen molar-refractivity contribution in [2.45, 2.75) is 38.7 Å². The Hall–Kier alpha value is -1.39. The molecule has 2 aliphatic rings. The Labute approximate surface area is 138 Å².